The maximum atomic E-state index is 10.6. The molecule has 3 aliphatic rings. The molecule has 11 heteroatoms. The van der Waals surface area contributed by atoms with Gasteiger partial charge in [-0.2, -0.15) is 13.2 Å². The number of ether oxygens (including phenoxy) is 1. The van der Waals surface area contributed by atoms with Gasteiger partial charge in [0.05, 0.1) is 11.6 Å². The summed E-state index contributed by atoms with van der Waals surface area (Å²) >= 11 is 6.24. The SMILES string of the molecule is Clc1ccccc1C1=NC2(CCN(C3CCOC3)CC2)ON1.O=C(O)C(F)(F)F. The van der Waals surface area contributed by atoms with Gasteiger partial charge in [-0.25, -0.2) is 20.1 Å². The van der Waals surface area contributed by atoms with Gasteiger partial charge in [0.15, 0.2) is 11.6 Å². The van der Waals surface area contributed by atoms with Gasteiger partial charge in [-0.1, -0.05) is 23.7 Å². The van der Waals surface area contributed by atoms with Crippen molar-refractivity contribution in [2.24, 2.45) is 4.99 Å². The second-order valence-electron chi connectivity index (χ2n) is 6.95. The lowest BCUT2D eigenvalue weighted by Gasteiger charge is -2.38. The number of piperidine rings is 1. The lowest BCUT2D eigenvalue weighted by molar-refractivity contribution is -0.192. The summed E-state index contributed by atoms with van der Waals surface area (Å²) in [5, 5.41) is 7.81. The predicted octanol–water partition coefficient (Wildman–Crippen LogP) is 2.84. The molecule has 1 spiro atoms. The molecule has 160 valence electrons. The maximum absolute atomic E-state index is 10.6. The van der Waals surface area contributed by atoms with Crippen LogP contribution in [0.5, 0.6) is 0 Å². The number of aliphatic carboxylic acids is 1. The second kappa shape index (κ2) is 8.86. The van der Waals surface area contributed by atoms with Crippen molar-refractivity contribution in [3.8, 4) is 0 Å². The Hall–Kier alpha value is -1.88. The highest BCUT2D eigenvalue weighted by Gasteiger charge is 2.42. The number of carboxylic acids is 1. The van der Waals surface area contributed by atoms with Crippen LogP contribution in [0.4, 0.5) is 13.2 Å². The number of hydrogen-bond donors (Lipinski definition) is 2. The van der Waals surface area contributed by atoms with E-state index in [9.17, 15) is 13.2 Å². The molecule has 7 nitrogen and oxygen atoms in total. The standard InChI is InChI=1S/C16H20ClN3O2.C2HF3O2/c17-14-4-2-1-3-13(14)15-18-16(22-19-15)6-8-20(9-7-16)12-5-10-21-11-12;3-2(4,5)1(6)7/h1-4,12H,5-11H2,(H,18,19);(H,6,7). The minimum atomic E-state index is -5.08. The molecule has 2 saturated heterocycles. The Balaban J connectivity index is 0.000000298. The molecule has 0 radical (unpaired) electrons. The van der Waals surface area contributed by atoms with E-state index in [2.05, 4.69) is 10.4 Å². The highest BCUT2D eigenvalue weighted by molar-refractivity contribution is 6.34. The Labute approximate surface area is 170 Å². The molecule has 3 heterocycles. The van der Waals surface area contributed by atoms with E-state index in [0.717, 1.165) is 57.0 Å². The van der Waals surface area contributed by atoms with Crippen molar-refractivity contribution in [1.82, 2.24) is 10.4 Å². The fourth-order valence-corrected chi connectivity index (χ4v) is 3.65. The molecule has 1 unspecified atom stereocenters. The van der Waals surface area contributed by atoms with Gasteiger partial charge >= 0.3 is 12.1 Å². The molecule has 1 aromatic carbocycles. The Morgan fingerprint density at radius 2 is 1.97 bits per heavy atom. The molecule has 4 rings (SSSR count). The fourth-order valence-electron chi connectivity index (χ4n) is 3.42. The predicted molar refractivity (Wildman–Crippen MR) is 98.7 cm³/mol. The van der Waals surface area contributed by atoms with Gasteiger partial charge in [0, 0.05) is 44.1 Å². The van der Waals surface area contributed by atoms with E-state index in [4.69, 9.17) is 36.1 Å². The van der Waals surface area contributed by atoms with E-state index in [1.165, 1.54) is 0 Å². The fraction of sp³-hybridized carbons (Fsp3) is 0.556. The number of rotatable bonds is 2. The van der Waals surface area contributed by atoms with Crippen LogP contribution in [-0.4, -0.2) is 66.1 Å². The van der Waals surface area contributed by atoms with Crippen LogP contribution in [0.15, 0.2) is 29.3 Å². The molecule has 29 heavy (non-hydrogen) atoms. The van der Waals surface area contributed by atoms with Gasteiger partial charge in [-0.05, 0) is 18.6 Å². The first-order valence-corrected chi connectivity index (χ1v) is 9.49. The number of halogens is 4. The van der Waals surface area contributed by atoms with Gasteiger partial charge < -0.3 is 9.84 Å². The highest BCUT2D eigenvalue weighted by atomic mass is 35.5. The summed E-state index contributed by atoms with van der Waals surface area (Å²) in [6, 6.07) is 8.27. The molecule has 0 aliphatic carbocycles. The molecular weight excluding hydrogens is 415 g/mol. The number of likely N-dealkylation sites (tertiary alicyclic amines) is 1. The molecule has 0 bridgehead atoms. The van der Waals surface area contributed by atoms with Crippen molar-refractivity contribution in [3.05, 3.63) is 34.9 Å². The summed E-state index contributed by atoms with van der Waals surface area (Å²) in [7, 11) is 0. The summed E-state index contributed by atoms with van der Waals surface area (Å²) in [5.41, 5.74) is 3.44. The number of alkyl halides is 3. The van der Waals surface area contributed by atoms with Crippen LogP contribution >= 0.6 is 11.6 Å². The molecule has 0 saturated carbocycles. The van der Waals surface area contributed by atoms with Crippen molar-refractivity contribution >= 4 is 23.4 Å². The number of hydrogen-bond acceptors (Lipinski definition) is 6. The average Bonchev–Trinajstić information content (AvgIpc) is 3.34. The van der Waals surface area contributed by atoms with E-state index in [0.29, 0.717) is 11.1 Å². The first-order chi connectivity index (χ1) is 13.7. The van der Waals surface area contributed by atoms with Crippen LogP contribution in [0.2, 0.25) is 5.02 Å². The van der Waals surface area contributed by atoms with Crippen molar-refractivity contribution < 1.29 is 32.6 Å². The number of nitrogens with one attached hydrogen (secondary N) is 1. The quantitative estimate of drug-likeness (QED) is 0.743. The number of amidine groups is 1. The van der Waals surface area contributed by atoms with E-state index < -0.39 is 17.9 Å². The first kappa shape index (κ1) is 21.8. The zero-order chi connectivity index (χ0) is 21.1. The summed E-state index contributed by atoms with van der Waals surface area (Å²) in [6.07, 6.45) is -2.16. The van der Waals surface area contributed by atoms with Crippen molar-refractivity contribution in [2.45, 2.75) is 37.2 Å². The van der Waals surface area contributed by atoms with Crippen LogP contribution < -0.4 is 5.48 Å². The first-order valence-electron chi connectivity index (χ1n) is 9.11. The Kier molecular flexibility index (Phi) is 6.67. The minimum absolute atomic E-state index is 0.440. The van der Waals surface area contributed by atoms with E-state index in [-0.39, 0.29) is 0 Å². The molecule has 0 amide bonds. The van der Waals surface area contributed by atoms with Gasteiger partial charge in [0.1, 0.15) is 0 Å². The van der Waals surface area contributed by atoms with Crippen molar-refractivity contribution in [3.63, 3.8) is 0 Å². The lowest BCUT2D eigenvalue weighted by Crippen LogP contribution is -2.48. The van der Waals surface area contributed by atoms with Gasteiger partial charge in [0.25, 0.3) is 0 Å². The Morgan fingerprint density at radius 3 is 2.52 bits per heavy atom. The molecule has 2 N–H and O–H groups in total. The zero-order valence-corrected chi connectivity index (χ0v) is 16.2. The number of hydroxylamine groups is 1. The summed E-state index contributed by atoms with van der Waals surface area (Å²) in [5.74, 6) is -2.02. The minimum Gasteiger partial charge on any atom is -0.475 e. The number of carbonyl (C=O) groups is 1. The number of carboxylic acid groups (broad SMARTS) is 1. The van der Waals surface area contributed by atoms with Crippen molar-refractivity contribution in [2.75, 3.05) is 26.3 Å². The summed E-state index contributed by atoms with van der Waals surface area (Å²) in [4.78, 5) is 22.1. The second-order valence-corrected chi connectivity index (χ2v) is 7.35. The Morgan fingerprint density at radius 1 is 1.31 bits per heavy atom. The zero-order valence-electron chi connectivity index (χ0n) is 15.4. The van der Waals surface area contributed by atoms with Gasteiger partial charge in [-0.15, -0.1) is 0 Å². The monoisotopic (exact) mass is 435 g/mol. The van der Waals surface area contributed by atoms with Gasteiger partial charge in [-0.3, -0.25) is 4.90 Å². The van der Waals surface area contributed by atoms with E-state index in [1.807, 2.05) is 24.3 Å². The molecule has 3 aliphatic heterocycles. The number of benzene rings is 1. The summed E-state index contributed by atoms with van der Waals surface area (Å²) < 4.78 is 37.2. The van der Waals surface area contributed by atoms with Crippen LogP contribution in [0.1, 0.15) is 24.8 Å². The summed E-state index contributed by atoms with van der Waals surface area (Å²) in [6.45, 7) is 3.74. The molecule has 1 aromatic rings. The average molecular weight is 436 g/mol. The van der Waals surface area contributed by atoms with E-state index in [1.54, 1.807) is 0 Å². The normalized spacial score (nSPS) is 23.9. The number of nitrogens with zero attached hydrogens (tertiary/aromatic N) is 2. The van der Waals surface area contributed by atoms with Crippen LogP contribution in [0, 0.1) is 0 Å². The van der Waals surface area contributed by atoms with Crippen LogP contribution in [0.25, 0.3) is 0 Å². The van der Waals surface area contributed by atoms with Crippen LogP contribution in [0.3, 0.4) is 0 Å². The molecule has 2 fully saturated rings. The van der Waals surface area contributed by atoms with Gasteiger partial charge in [0.2, 0.25) is 0 Å². The highest BCUT2D eigenvalue weighted by Crippen LogP contribution is 2.33. The molecule has 1 atom stereocenters. The molecule has 0 aromatic heterocycles. The number of aliphatic imine (C=N–C) groups is 1. The topological polar surface area (TPSA) is 83.4 Å². The van der Waals surface area contributed by atoms with Crippen molar-refractivity contribution in [1.29, 1.82) is 0 Å². The Bertz CT molecular complexity index is 761. The smallest absolute Gasteiger partial charge is 0.475 e. The third-order valence-electron chi connectivity index (χ3n) is 5.03. The van der Waals surface area contributed by atoms with Crippen LogP contribution in [-0.2, 0) is 14.4 Å². The van der Waals surface area contributed by atoms with E-state index >= 15 is 0 Å². The third-order valence-corrected chi connectivity index (χ3v) is 5.36. The molecular formula is C18H21ClF3N3O4. The maximum Gasteiger partial charge on any atom is 0.490 e. The lowest BCUT2D eigenvalue weighted by atomic mass is 9.99. The largest absolute Gasteiger partial charge is 0.490 e. The third kappa shape index (κ3) is 5.39.